The van der Waals surface area contributed by atoms with Crippen molar-refractivity contribution < 1.29 is 14.3 Å². The van der Waals surface area contributed by atoms with E-state index in [-0.39, 0.29) is 5.91 Å². The lowest BCUT2D eigenvalue weighted by Gasteiger charge is -2.31. The summed E-state index contributed by atoms with van der Waals surface area (Å²) in [5.74, 6) is 0.264. The molecule has 1 aliphatic rings. The molecule has 0 saturated carbocycles. The van der Waals surface area contributed by atoms with Crippen molar-refractivity contribution in [3.8, 4) is 5.75 Å². The van der Waals surface area contributed by atoms with E-state index >= 15 is 0 Å². The lowest BCUT2D eigenvalue weighted by molar-refractivity contribution is 0.0949. The Balaban J connectivity index is 1.31. The number of hydrogen-bond acceptors (Lipinski definition) is 4. The second kappa shape index (κ2) is 8.67. The average Bonchev–Trinajstić information content (AvgIpc) is 2.87. The number of carbonyl (C=O) groups excluding carboxylic acids is 2. The lowest BCUT2D eigenvalue weighted by atomic mass is 10.0. The van der Waals surface area contributed by atoms with Crippen LogP contribution in [0, 0.1) is 0 Å². The average molecular weight is 437 g/mol. The molecule has 33 heavy (non-hydrogen) atoms. The Labute approximate surface area is 191 Å². The summed E-state index contributed by atoms with van der Waals surface area (Å²) in [6, 6.07) is 26.8. The molecule has 1 aliphatic heterocycles. The van der Waals surface area contributed by atoms with Crippen molar-refractivity contribution >= 4 is 28.3 Å². The highest BCUT2D eigenvalue weighted by Gasteiger charge is 2.20. The van der Waals surface area contributed by atoms with Crippen LogP contribution in [0.2, 0.25) is 0 Å². The molecule has 164 valence electrons. The van der Waals surface area contributed by atoms with E-state index < -0.39 is 5.91 Å². The predicted octanol–water partition coefficient (Wildman–Crippen LogP) is 4.23. The molecule has 0 aliphatic carbocycles. The third-order valence-corrected chi connectivity index (χ3v) is 5.89. The van der Waals surface area contributed by atoms with E-state index in [2.05, 4.69) is 28.4 Å². The van der Waals surface area contributed by atoms with Crippen LogP contribution in [0.15, 0.2) is 84.9 Å². The molecule has 3 N–H and O–H groups in total. The second-order valence-electron chi connectivity index (χ2n) is 8.03. The molecule has 0 atom stereocenters. The topological polar surface area (TPSA) is 84.7 Å². The zero-order valence-corrected chi connectivity index (χ0v) is 18.0. The SMILES string of the molecule is NC(=O)c1ccc(CNC(=O)c2cccc(N3COc4ccc5ccccc5c4C3)c2)cc1. The van der Waals surface area contributed by atoms with Crippen LogP contribution >= 0.6 is 0 Å². The monoisotopic (exact) mass is 437 g/mol. The number of nitrogens with zero attached hydrogens (tertiary/aromatic N) is 1. The number of ether oxygens (including phenoxy) is 1. The summed E-state index contributed by atoms with van der Waals surface area (Å²) in [7, 11) is 0. The zero-order valence-electron chi connectivity index (χ0n) is 18.0. The first-order chi connectivity index (χ1) is 16.1. The molecular formula is C27H23N3O3. The molecule has 0 radical (unpaired) electrons. The Kier molecular flexibility index (Phi) is 5.40. The number of rotatable bonds is 5. The standard InChI is InChI=1S/C27H23N3O3/c28-26(31)20-10-8-18(9-11-20)15-29-27(32)21-5-3-6-22(14-21)30-16-24-23-7-2-1-4-19(23)12-13-25(24)33-17-30/h1-14H,15-17H2,(H2,28,31)(H,29,32). The number of fused-ring (bicyclic) bond motifs is 3. The van der Waals surface area contributed by atoms with E-state index in [9.17, 15) is 9.59 Å². The van der Waals surface area contributed by atoms with E-state index in [4.69, 9.17) is 10.5 Å². The van der Waals surface area contributed by atoms with E-state index in [1.54, 1.807) is 30.3 Å². The van der Waals surface area contributed by atoms with Gasteiger partial charge in [0.2, 0.25) is 5.91 Å². The number of carbonyl (C=O) groups is 2. The Morgan fingerprint density at radius 1 is 0.909 bits per heavy atom. The van der Waals surface area contributed by atoms with Gasteiger partial charge >= 0.3 is 0 Å². The van der Waals surface area contributed by atoms with Crippen molar-refractivity contribution in [2.24, 2.45) is 5.73 Å². The van der Waals surface area contributed by atoms with Crippen molar-refractivity contribution in [2.45, 2.75) is 13.1 Å². The van der Waals surface area contributed by atoms with E-state index in [0.29, 0.717) is 30.9 Å². The molecule has 6 heteroatoms. The summed E-state index contributed by atoms with van der Waals surface area (Å²) in [6.45, 7) is 1.48. The first-order valence-electron chi connectivity index (χ1n) is 10.7. The third kappa shape index (κ3) is 4.23. The molecule has 4 aromatic carbocycles. The molecule has 0 saturated heterocycles. The first kappa shape index (κ1) is 20.6. The maximum absolute atomic E-state index is 12.8. The summed E-state index contributed by atoms with van der Waals surface area (Å²) in [5.41, 5.74) is 9.24. The summed E-state index contributed by atoms with van der Waals surface area (Å²) in [5, 5.41) is 5.29. The van der Waals surface area contributed by atoms with Crippen LogP contribution in [0.1, 0.15) is 31.8 Å². The van der Waals surface area contributed by atoms with Crippen LogP contribution in [-0.2, 0) is 13.1 Å². The van der Waals surface area contributed by atoms with Crippen molar-refractivity contribution in [3.63, 3.8) is 0 Å². The minimum atomic E-state index is -0.472. The van der Waals surface area contributed by atoms with E-state index in [0.717, 1.165) is 22.6 Å². The number of amides is 2. The number of benzene rings is 4. The molecule has 1 heterocycles. The lowest BCUT2D eigenvalue weighted by Crippen LogP contribution is -2.32. The van der Waals surface area contributed by atoms with Crippen molar-refractivity contribution in [2.75, 3.05) is 11.6 Å². The number of hydrogen-bond donors (Lipinski definition) is 2. The van der Waals surface area contributed by atoms with Gasteiger partial charge in [-0.25, -0.2) is 0 Å². The van der Waals surface area contributed by atoms with Gasteiger partial charge in [-0.1, -0.05) is 48.5 Å². The fraction of sp³-hybridized carbons (Fsp3) is 0.111. The Morgan fingerprint density at radius 3 is 2.55 bits per heavy atom. The smallest absolute Gasteiger partial charge is 0.251 e. The van der Waals surface area contributed by atoms with Gasteiger partial charge in [0.05, 0.1) is 6.54 Å². The Morgan fingerprint density at radius 2 is 1.73 bits per heavy atom. The zero-order chi connectivity index (χ0) is 22.8. The molecular weight excluding hydrogens is 414 g/mol. The number of nitrogens with two attached hydrogens (primary N) is 1. The molecule has 5 rings (SSSR count). The van der Waals surface area contributed by atoms with Crippen LogP contribution in [0.4, 0.5) is 5.69 Å². The van der Waals surface area contributed by atoms with Crippen molar-refractivity contribution in [1.29, 1.82) is 0 Å². The number of nitrogens with one attached hydrogen (secondary N) is 1. The summed E-state index contributed by atoms with van der Waals surface area (Å²) < 4.78 is 6.02. The Bertz CT molecular complexity index is 1350. The normalized spacial score (nSPS) is 12.7. The van der Waals surface area contributed by atoms with Crippen molar-refractivity contribution in [1.82, 2.24) is 5.32 Å². The maximum Gasteiger partial charge on any atom is 0.251 e. The van der Waals surface area contributed by atoms with Gasteiger partial charge in [0.25, 0.3) is 5.91 Å². The highest BCUT2D eigenvalue weighted by atomic mass is 16.5. The maximum atomic E-state index is 12.8. The van der Waals surface area contributed by atoms with Gasteiger partial charge in [-0.3, -0.25) is 9.59 Å². The fourth-order valence-corrected chi connectivity index (χ4v) is 4.08. The molecule has 0 aromatic heterocycles. The quantitative estimate of drug-likeness (QED) is 0.490. The van der Waals surface area contributed by atoms with Gasteiger partial charge in [-0.2, -0.15) is 0 Å². The molecule has 0 spiro atoms. The van der Waals surface area contributed by atoms with E-state index in [1.807, 2.05) is 36.4 Å². The minimum Gasteiger partial charge on any atom is -0.473 e. The highest BCUT2D eigenvalue weighted by Crippen LogP contribution is 2.34. The van der Waals surface area contributed by atoms with Crippen LogP contribution in [-0.4, -0.2) is 18.5 Å². The fourth-order valence-electron chi connectivity index (χ4n) is 4.08. The predicted molar refractivity (Wildman–Crippen MR) is 128 cm³/mol. The van der Waals surface area contributed by atoms with E-state index in [1.165, 1.54) is 10.8 Å². The summed E-state index contributed by atoms with van der Waals surface area (Å²) in [4.78, 5) is 26.1. The van der Waals surface area contributed by atoms with Crippen LogP contribution in [0.25, 0.3) is 10.8 Å². The van der Waals surface area contributed by atoms with Crippen LogP contribution in [0.5, 0.6) is 5.75 Å². The Hall–Kier alpha value is -4.32. The molecule has 4 aromatic rings. The van der Waals surface area contributed by atoms with Gasteiger partial charge in [0.15, 0.2) is 6.73 Å². The third-order valence-electron chi connectivity index (χ3n) is 5.89. The van der Waals surface area contributed by atoms with Gasteiger partial charge in [-0.05, 0) is 52.7 Å². The highest BCUT2D eigenvalue weighted by molar-refractivity contribution is 5.95. The molecule has 0 fully saturated rings. The van der Waals surface area contributed by atoms with Crippen molar-refractivity contribution in [3.05, 3.63) is 107 Å². The van der Waals surface area contributed by atoms with Crippen LogP contribution < -0.4 is 20.7 Å². The number of anilines is 1. The molecule has 0 bridgehead atoms. The summed E-state index contributed by atoms with van der Waals surface area (Å²) >= 11 is 0. The largest absolute Gasteiger partial charge is 0.473 e. The van der Waals surface area contributed by atoms with Gasteiger partial charge in [0, 0.05) is 28.9 Å². The second-order valence-corrected chi connectivity index (χ2v) is 8.03. The molecule has 0 unspecified atom stereocenters. The first-order valence-corrected chi connectivity index (χ1v) is 10.7. The van der Waals surface area contributed by atoms with Crippen LogP contribution in [0.3, 0.4) is 0 Å². The van der Waals surface area contributed by atoms with Gasteiger partial charge in [-0.15, -0.1) is 0 Å². The van der Waals surface area contributed by atoms with Gasteiger partial charge in [0.1, 0.15) is 5.75 Å². The summed E-state index contributed by atoms with van der Waals surface area (Å²) in [6.07, 6.45) is 0. The number of primary amides is 1. The van der Waals surface area contributed by atoms with Gasteiger partial charge < -0.3 is 20.7 Å². The minimum absolute atomic E-state index is 0.167. The molecule has 6 nitrogen and oxygen atoms in total. The molecule has 2 amide bonds.